The molecule has 0 amide bonds. The molecule has 2 heterocycles. The van der Waals surface area contributed by atoms with Crippen molar-refractivity contribution >= 4 is 27.7 Å². The molecule has 4 nitrogen and oxygen atoms in total. The van der Waals surface area contributed by atoms with E-state index in [1.54, 1.807) is 7.11 Å². The quantitative estimate of drug-likeness (QED) is 0.752. The van der Waals surface area contributed by atoms with Gasteiger partial charge < -0.3 is 10.1 Å². The second kappa shape index (κ2) is 9.18. The second-order valence-electron chi connectivity index (χ2n) is 5.43. The molecule has 21 heavy (non-hydrogen) atoms. The Bertz CT molecular complexity index is 421. The maximum atomic E-state index is 5.21. The minimum atomic E-state index is 0.365. The van der Waals surface area contributed by atoms with Crippen molar-refractivity contribution < 1.29 is 4.74 Å². The molecule has 1 aromatic rings. The summed E-state index contributed by atoms with van der Waals surface area (Å²) in [6.45, 7) is 4.76. The largest absolute Gasteiger partial charge is 0.383 e. The van der Waals surface area contributed by atoms with Crippen LogP contribution in [-0.2, 0) is 11.3 Å². The van der Waals surface area contributed by atoms with Crippen LogP contribution in [0.4, 0.5) is 0 Å². The molecule has 1 saturated heterocycles. The van der Waals surface area contributed by atoms with Crippen molar-refractivity contribution in [1.29, 1.82) is 0 Å². The molecule has 0 radical (unpaired) electrons. The van der Waals surface area contributed by atoms with Crippen molar-refractivity contribution in [3.05, 3.63) is 16.4 Å². The highest BCUT2D eigenvalue weighted by molar-refractivity contribution is 9.10. The molecule has 1 N–H and O–H groups in total. The van der Waals surface area contributed by atoms with Gasteiger partial charge in [0.15, 0.2) is 0 Å². The van der Waals surface area contributed by atoms with Crippen LogP contribution >= 0.6 is 27.7 Å². The van der Waals surface area contributed by atoms with Crippen molar-refractivity contribution in [3.8, 4) is 0 Å². The van der Waals surface area contributed by atoms with E-state index in [0.29, 0.717) is 17.9 Å². The summed E-state index contributed by atoms with van der Waals surface area (Å²) < 4.78 is 8.42. The van der Waals surface area contributed by atoms with Crippen molar-refractivity contribution in [2.75, 3.05) is 26.0 Å². The van der Waals surface area contributed by atoms with Crippen LogP contribution in [0.1, 0.15) is 44.3 Å². The monoisotopic (exact) mass is 375 g/mol. The molecule has 1 fully saturated rings. The van der Waals surface area contributed by atoms with Gasteiger partial charge in [0, 0.05) is 12.4 Å². The summed E-state index contributed by atoms with van der Waals surface area (Å²) in [6, 6.07) is 0.365. The lowest BCUT2D eigenvalue weighted by Crippen LogP contribution is -2.34. The Labute approximate surface area is 140 Å². The fourth-order valence-electron chi connectivity index (χ4n) is 2.77. The molecule has 1 aromatic heterocycles. The first-order valence-electron chi connectivity index (χ1n) is 7.83. The highest BCUT2D eigenvalue weighted by Gasteiger charge is 2.29. The summed E-state index contributed by atoms with van der Waals surface area (Å²) in [5.74, 6) is 1.28. The normalized spacial score (nSPS) is 20.6. The SMILES string of the molecule is CCCNC(c1c(Br)cnn1CCOC)C1CCCCS1. The second-order valence-corrected chi connectivity index (χ2v) is 7.63. The summed E-state index contributed by atoms with van der Waals surface area (Å²) in [5, 5.41) is 8.90. The Kier molecular flexibility index (Phi) is 7.57. The zero-order valence-corrected chi connectivity index (χ0v) is 15.4. The molecule has 0 saturated carbocycles. The Morgan fingerprint density at radius 2 is 2.43 bits per heavy atom. The topological polar surface area (TPSA) is 39.1 Å². The third kappa shape index (κ3) is 4.71. The van der Waals surface area contributed by atoms with E-state index >= 15 is 0 Å². The lowest BCUT2D eigenvalue weighted by Gasteiger charge is -2.31. The smallest absolute Gasteiger partial charge is 0.0708 e. The van der Waals surface area contributed by atoms with E-state index in [0.717, 1.165) is 24.0 Å². The number of thioether (sulfide) groups is 1. The molecule has 0 spiro atoms. The van der Waals surface area contributed by atoms with Crippen molar-refractivity contribution in [3.63, 3.8) is 0 Å². The fraction of sp³-hybridized carbons (Fsp3) is 0.800. The third-order valence-electron chi connectivity index (χ3n) is 3.84. The third-order valence-corrected chi connectivity index (χ3v) is 5.91. The van der Waals surface area contributed by atoms with Crippen molar-refractivity contribution in [1.82, 2.24) is 15.1 Å². The van der Waals surface area contributed by atoms with Gasteiger partial charge in [-0.3, -0.25) is 4.68 Å². The molecule has 0 aliphatic carbocycles. The number of halogens is 1. The molecule has 120 valence electrons. The van der Waals surface area contributed by atoms with E-state index in [1.807, 2.05) is 6.20 Å². The van der Waals surface area contributed by atoms with Crippen LogP contribution in [0.15, 0.2) is 10.7 Å². The maximum Gasteiger partial charge on any atom is 0.0708 e. The lowest BCUT2D eigenvalue weighted by atomic mass is 10.0. The number of aromatic nitrogens is 2. The molecule has 1 aliphatic rings. The maximum absolute atomic E-state index is 5.21. The number of hydrogen-bond acceptors (Lipinski definition) is 4. The minimum absolute atomic E-state index is 0.365. The molecule has 0 aromatic carbocycles. The van der Waals surface area contributed by atoms with Crippen LogP contribution in [0.25, 0.3) is 0 Å². The fourth-order valence-corrected chi connectivity index (χ4v) is 4.74. The van der Waals surface area contributed by atoms with E-state index in [9.17, 15) is 0 Å². The van der Waals surface area contributed by atoms with E-state index in [4.69, 9.17) is 4.74 Å². The number of rotatable bonds is 8. The van der Waals surface area contributed by atoms with Gasteiger partial charge in [-0.25, -0.2) is 0 Å². The van der Waals surface area contributed by atoms with Gasteiger partial charge in [0.2, 0.25) is 0 Å². The lowest BCUT2D eigenvalue weighted by molar-refractivity contribution is 0.181. The molecule has 6 heteroatoms. The van der Waals surface area contributed by atoms with Gasteiger partial charge in [-0.15, -0.1) is 0 Å². The van der Waals surface area contributed by atoms with Gasteiger partial charge in [-0.05, 0) is 47.5 Å². The Balaban J connectivity index is 2.19. The van der Waals surface area contributed by atoms with Crippen molar-refractivity contribution in [2.24, 2.45) is 0 Å². The van der Waals surface area contributed by atoms with Gasteiger partial charge in [-0.2, -0.15) is 16.9 Å². The molecule has 2 atom stereocenters. The zero-order valence-electron chi connectivity index (χ0n) is 13.0. The first-order chi connectivity index (χ1) is 10.3. The summed E-state index contributed by atoms with van der Waals surface area (Å²) in [5.41, 5.74) is 1.28. The van der Waals surface area contributed by atoms with Crippen LogP contribution in [0.2, 0.25) is 0 Å². The Morgan fingerprint density at radius 3 is 3.10 bits per heavy atom. The first-order valence-corrected chi connectivity index (χ1v) is 9.67. The molecular formula is C15H26BrN3OS. The molecule has 1 aliphatic heterocycles. The number of methoxy groups -OCH3 is 1. The van der Waals surface area contributed by atoms with Crippen LogP contribution < -0.4 is 5.32 Å². The van der Waals surface area contributed by atoms with Crippen molar-refractivity contribution in [2.45, 2.75) is 50.4 Å². The van der Waals surface area contributed by atoms with Gasteiger partial charge in [0.05, 0.1) is 35.6 Å². The highest BCUT2D eigenvalue weighted by Crippen LogP contribution is 2.37. The van der Waals surface area contributed by atoms with E-state index in [2.05, 4.69) is 49.7 Å². The summed E-state index contributed by atoms with van der Waals surface area (Å²) in [6.07, 6.45) is 7.04. The van der Waals surface area contributed by atoms with E-state index in [1.165, 1.54) is 30.7 Å². The minimum Gasteiger partial charge on any atom is -0.383 e. The number of nitrogens with one attached hydrogen (secondary N) is 1. The summed E-state index contributed by atoms with van der Waals surface area (Å²) in [4.78, 5) is 0. The predicted molar refractivity (Wildman–Crippen MR) is 92.9 cm³/mol. The number of ether oxygens (including phenoxy) is 1. The number of nitrogens with zero attached hydrogens (tertiary/aromatic N) is 2. The van der Waals surface area contributed by atoms with E-state index < -0.39 is 0 Å². The Morgan fingerprint density at radius 1 is 1.57 bits per heavy atom. The van der Waals surface area contributed by atoms with Gasteiger partial charge in [-0.1, -0.05) is 13.3 Å². The van der Waals surface area contributed by atoms with E-state index in [-0.39, 0.29) is 0 Å². The highest BCUT2D eigenvalue weighted by atomic mass is 79.9. The van der Waals surface area contributed by atoms with Gasteiger partial charge >= 0.3 is 0 Å². The summed E-state index contributed by atoms with van der Waals surface area (Å²) >= 11 is 5.80. The Hall–Kier alpha value is -0.0400. The summed E-state index contributed by atoms with van der Waals surface area (Å²) in [7, 11) is 1.74. The molecule has 2 rings (SSSR count). The number of hydrogen-bond donors (Lipinski definition) is 1. The first kappa shape index (κ1) is 17.3. The molecule has 2 unspecified atom stereocenters. The van der Waals surface area contributed by atoms with Crippen LogP contribution in [-0.4, -0.2) is 41.0 Å². The average molecular weight is 376 g/mol. The average Bonchev–Trinajstić information content (AvgIpc) is 2.88. The zero-order chi connectivity index (χ0) is 15.1. The van der Waals surface area contributed by atoms with Crippen LogP contribution in [0, 0.1) is 0 Å². The van der Waals surface area contributed by atoms with Gasteiger partial charge in [0.25, 0.3) is 0 Å². The van der Waals surface area contributed by atoms with Crippen LogP contribution in [0.5, 0.6) is 0 Å². The standard InChI is InChI=1S/C15H26BrN3OS/c1-3-7-17-14(13-6-4-5-10-21-13)15-12(16)11-18-19(15)8-9-20-2/h11,13-14,17H,3-10H2,1-2H3. The predicted octanol–water partition coefficient (Wildman–Crippen LogP) is 3.62. The molecule has 0 bridgehead atoms. The van der Waals surface area contributed by atoms with Gasteiger partial charge in [0.1, 0.15) is 0 Å². The molecular weight excluding hydrogens is 350 g/mol. The van der Waals surface area contributed by atoms with Crippen LogP contribution in [0.3, 0.4) is 0 Å².